The molecule has 1 rings (SSSR count). The fourth-order valence-corrected chi connectivity index (χ4v) is 2.25. The fraction of sp³-hybridized carbons (Fsp3) is 0.917. The van der Waals surface area contributed by atoms with Crippen LogP contribution in [0.25, 0.3) is 0 Å². The summed E-state index contributed by atoms with van der Waals surface area (Å²) in [6.07, 6.45) is 0.528. The highest BCUT2D eigenvalue weighted by molar-refractivity contribution is 5.68. The van der Waals surface area contributed by atoms with E-state index < -0.39 is 5.60 Å². The van der Waals surface area contributed by atoms with Gasteiger partial charge in [-0.05, 0) is 33.1 Å². The molecule has 3 N–H and O–H groups in total. The van der Waals surface area contributed by atoms with Crippen molar-refractivity contribution in [3.05, 3.63) is 0 Å². The van der Waals surface area contributed by atoms with Gasteiger partial charge in [-0.2, -0.15) is 0 Å². The number of carbonyl (C=O) groups excluding carboxylic acids is 1. The standard InChI is InChI=1S/C12H24N2O3/c1-5-8-9(6-13-10(8)7-15)14-11(16)17-12(2,3)4/h8-10,13,15H,5-7H2,1-4H3,(H,14,16). The van der Waals surface area contributed by atoms with Crippen LogP contribution in [0.4, 0.5) is 4.79 Å². The van der Waals surface area contributed by atoms with E-state index in [1.807, 2.05) is 20.8 Å². The lowest BCUT2D eigenvalue weighted by Gasteiger charge is -2.25. The molecule has 0 aromatic carbocycles. The number of carbonyl (C=O) groups is 1. The summed E-state index contributed by atoms with van der Waals surface area (Å²) in [6.45, 7) is 8.37. The number of hydrogen-bond donors (Lipinski definition) is 3. The van der Waals surface area contributed by atoms with Crippen LogP contribution >= 0.6 is 0 Å². The molecule has 100 valence electrons. The highest BCUT2D eigenvalue weighted by Gasteiger charge is 2.35. The molecule has 3 atom stereocenters. The fourth-order valence-electron chi connectivity index (χ4n) is 2.25. The van der Waals surface area contributed by atoms with Crippen molar-refractivity contribution in [1.82, 2.24) is 10.6 Å². The molecule has 1 heterocycles. The van der Waals surface area contributed by atoms with Crippen LogP contribution < -0.4 is 10.6 Å². The van der Waals surface area contributed by atoms with Crippen LogP contribution in [-0.4, -0.2) is 42.0 Å². The first-order valence-electron chi connectivity index (χ1n) is 6.21. The second-order valence-corrected chi connectivity index (χ2v) is 5.52. The Kier molecular flexibility index (Phi) is 4.77. The smallest absolute Gasteiger partial charge is 0.407 e. The van der Waals surface area contributed by atoms with Crippen molar-refractivity contribution >= 4 is 6.09 Å². The molecule has 17 heavy (non-hydrogen) atoms. The molecule has 0 radical (unpaired) electrons. The normalized spacial score (nSPS) is 29.1. The lowest BCUT2D eigenvalue weighted by molar-refractivity contribution is 0.0492. The quantitative estimate of drug-likeness (QED) is 0.689. The predicted molar refractivity (Wildman–Crippen MR) is 65.8 cm³/mol. The summed E-state index contributed by atoms with van der Waals surface area (Å²) in [7, 11) is 0. The van der Waals surface area contributed by atoms with Crippen LogP contribution in [0.3, 0.4) is 0 Å². The highest BCUT2D eigenvalue weighted by atomic mass is 16.6. The van der Waals surface area contributed by atoms with Gasteiger partial charge >= 0.3 is 6.09 Å². The largest absolute Gasteiger partial charge is 0.444 e. The summed E-state index contributed by atoms with van der Waals surface area (Å²) in [5, 5.41) is 15.3. The maximum Gasteiger partial charge on any atom is 0.407 e. The van der Waals surface area contributed by atoms with Crippen LogP contribution in [0, 0.1) is 5.92 Å². The molecular weight excluding hydrogens is 220 g/mol. The van der Waals surface area contributed by atoms with Crippen molar-refractivity contribution in [2.24, 2.45) is 5.92 Å². The summed E-state index contributed by atoms with van der Waals surface area (Å²) in [4.78, 5) is 11.6. The summed E-state index contributed by atoms with van der Waals surface area (Å²) >= 11 is 0. The van der Waals surface area contributed by atoms with E-state index in [0.29, 0.717) is 6.54 Å². The van der Waals surface area contributed by atoms with Gasteiger partial charge in [-0.1, -0.05) is 6.92 Å². The van der Waals surface area contributed by atoms with E-state index in [0.717, 1.165) is 6.42 Å². The Labute approximate surface area is 103 Å². The average molecular weight is 244 g/mol. The number of nitrogens with one attached hydrogen (secondary N) is 2. The molecule has 1 aliphatic heterocycles. The molecule has 0 saturated carbocycles. The zero-order valence-electron chi connectivity index (χ0n) is 11.1. The summed E-state index contributed by atoms with van der Waals surface area (Å²) < 4.78 is 5.22. The van der Waals surface area contributed by atoms with Crippen LogP contribution in [0.1, 0.15) is 34.1 Å². The van der Waals surface area contributed by atoms with Gasteiger partial charge in [0.15, 0.2) is 0 Å². The number of aliphatic hydroxyl groups excluding tert-OH is 1. The number of hydrogen-bond acceptors (Lipinski definition) is 4. The van der Waals surface area contributed by atoms with Crippen molar-refractivity contribution in [2.45, 2.75) is 51.8 Å². The Hall–Kier alpha value is -0.810. The second-order valence-electron chi connectivity index (χ2n) is 5.52. The first-order chi connectivity index (χ1) is 7.87. The van der Waals surface area contributed by atoms with Crippen LogP contribution in [0.2, 0.25) is 0 Å². The third-order valence-electron chi connectivity index (χ3n) is 3.00. The van der Waals surface area contributed by atoms with Gasteiger partial charge in [-0.15, -0.1) is 0 Å². The van der Waals surface area contributed by atoms with E-state index in [1.54, 1.807) is 0 Å². The van der Waals surface area contributed by atoms with Crippen molar-refractivity contribution in [2.75, 3.05) is 13.2 Å². The van der Waals surface area contributed by atoms with E-state index in [2.05, 4.69) is 17.6 Å². The summed E-state index contributed by atoms with van der Waals surface area (Å²) in [5.74, 6) is 0.257. The molecule has 3 unspecified atom stereocenters. The van der Waals surface area contributed by atoms with E-state index >= 15 is 0 Å². The third-order valence-corrected chi connectivity index (χ3v) is 3.00. The molecule has 1 saturated heterocycles. The molecule has 0 aromatic heterocycles. The van der Waals surface area contributed by atoms with Gasteiger partial charge in [-0.25, -0.2) is 4.79 Å². The minimum absolute atomic E-state index is 0.0343. The Balaban J connectivity index is 2.49. The number of alkyl carbamates (subject to hydrolysis) is 1. The Morgan fingerprint density at radius 3 is 2.65 bits per heavy atom. The van der Waals surface area contributed by atoms with Gasteiger partial charge in [0.1, 0.15) is 5.60 Å². The Morgan fingerprint density at radius 1 is 1.53 bits per heavy atom. The lowest BCUT2D eigenvalue weighted by atomic mass is 9.94. The molecule has 1 aliphatic rings. The van der Waals surface area contributed by atoms with Crippen molar-refractivity contribution in [1.29, 1.82) is 0 Å². The lowest BCUT2D eigenvalue weighted by Crippen LogP contribution is -2.43. The van der Waals surface area contributed by atoms with Crippen LogP contribution in [0.15, 0.2) is 0 Å². The molecule has 1 amide bonds. The van der Waals surface area contributed by atoms with Gasteiger partial charge in [0.05, 0.1) is 6.61 Å². The van der Waals surface area contributed by atoms with Gasteiger partial charge in [0, 0.05) is 18.6 Å². The monoisotopic (exact) mass is 244 g/mol. The number of ether oxygens (including phenoxy) is 1. The van der Waals surface area contributed by atoms with Crippen LogP contribution in [-0.2, 0) is 4.74 Å². The molecule has 0 spiro atoms. The third kappa shape index (κ3) is 4.16. The summed E-state index contributed by atoms with van der Waals surface area (Å²) in [5.41, 5.74) is -0.478. The van der Waals surface area contributed by atoms with Crippen molar-refractivity contribution < 1.29 is 14.6 Å². The number of amides is 1. The topological polar surface area (TPSA) is 70.6 Å². The summed E-state index contributed by atoms with van der Waals surface area (Å²) in [6, 6.07) is 0.104. The van der Waals surface area contributed by atoms with E-state index in [-0.39, 0.29) is 30.7 Å². The first-order valence-corrected chi connectivity index (χ1v) is 6.21. The second kappa shape index (κ2) is 5.69. The van der Waals surface area contributed by atoms with Gasteiger partial charge in [0.2, 0.25) is 0 Å². The molecule has 0 bridgehead atoms. The predicted octanol–water partition coefficient (Wildman–Crippen LogP) is 0.870. The van der Waals surface area contributed by atoms with E-state index in [1.165, 1.54) is 0 Å². The minimum Gasteiger partial charge on any atom is -0.444 e. The molecule has 1 fully saturated rings. The van der Waals surface area contributed by atoms with E-state index in [4.69, 9.17) is 4.74 Å². The zero-order chi connectivity index (χ0) is 13.1. The first kappa shape index (κ1) is 14.3. The molecule has 0 aromatic rings. The molecule has 5 heteroatoms. The maximum absolute atomic E-state index is 11.6. The number of rotatable bonds is 3. The van der Waals surface area contributed by atoms with Crippen LogP contribution in [0.5, 0.6) is 0 Å². The highest BCUT2D eigenvalue weighted by Crippen LogP contribution is 2.20. The Morgan fingerprint density at radius 2 is 2.18 bits per heavy atom. The van der Waals surface area contributed by atoms with Crippen molar-refractivity contribution in [3.63, 3.8) is 0 Å². The number of aliphatic hydroxyl groups is 1. The van der Waals surface area contributed by atoms with Gasteiger partial charge < -0.3 is 20.5 Å². The Bertz CT molecular complexity index is 263. The maximum atomic E-state index is 11.6. The van der Waals surface area contributed by atoms with Gasteiger partial charge in [-0.3, -0.25) is 0 Å². The molecule has 0 aliphatic carbocycles. The minimum atomic E-state index is -0.478. The molecule has 5 nitrogen and oxygen atoms in total. The zero-order valence-corrected chi connectivity index (χ0v) is 11.1. The molecular formula is C12H24N2O3. The average Bonchev–Trinajstić information content (AvgIpc) is 2.56. The van der Waals surface area contributed by atoms with Crippen molar-refractivity contribution in [3.8, 4) is 0 Å². The van der Waals surface area contributed by atoms with E-state index in [9.17, 15) is 9.90 Å². The van der Waals surface area contributed by atoms with Gasteiger partial charge in [0.25, 0.3) is 0 Å². The SMILES string of the molecule is CCC1C(CO)NCC1NC(=O)OC(C)(C)C.